The zero-order valence-corrected chi connectivity index (χ0v) is 19.5. The molecule has 2 aromatic rings. The molecule has 0 saturated heterocycles. The van der Waals surface area contributed by atoms with Gasteiger partial charge >= 0.3 is 12.1 Å². The van der Waals surface area contributed by atoms with Crippen molar-refractivity contribution < 1.29 is 24.2 Å². The summed E-state index contributed by atoms with van der Waals surface area (Å²) in [5, 5.41) is 14.8. The molecule has 2 aromatic carbocycles. The van der Waals surface area contributed by atoms with Crippen LogP contribution in [0.2, 0.25) is 0 Å². The zero-order valence-electron chi connectivity index (χ0n) is 19.5. The van der Waals surface area contributed by atoms with Gasteiger partial charge in [0.05, 0.1) is 0 Å². The van der Waals surface area contributed by atoms with Crippen LogP contribution in [0.1, 0.15) is 62.5 Å². The summed E-state index contributed by atoms with van der Waals surface area (Å²) >= 11 is 0. The summed E-state index contributed by atoms with van der Waals surface area (Å²) in [5.74, 6) is -0.937. The van der Waals surface area contributed by atoms with Crippen molar-refractivity contribution in [1.29, 1.82) is 0 Å². The normalized spacial score (nSPS) is 16.5. The van der Waals surface area contributed by atoms with E-state index in [4.69, 9.17) is 4.74 Å². The summed E-state index contributed by atoms with van der Waals surface area (Å²) in [6.45, 7) is 2.75. The molecule has 1 saturated carbocycles. The lowest BCUT2D eigenvalue weighted by atomic mass is 9.76. The Balaban J connectivity index is 1.17. The SMILES string of the molecule is CC(CCNC(=O)OCC1c2ccccc2-c2ccccc21)CCC(=O)NC1(C(=O)O)CCC1. The van der Waals surface area contributed by atoms with Crippen molar-refractivity contribution in [3.8, 4) is 11.1 Å². The van der Waals surface area contributed by atoms with E-state index in [0.29, 0.717) is 32.2 Å². The molecule has 2 amide bonds. The molecule has 1 fully saturated rings. The lowest BCUT2D eigenvalue weighted by Gasteiger charge is -2.38. The number of amides is 2. The van der Waals surface area contributed by atoms with Crippen LogP contribution in [0.25, 0.3) is 11.1 Å². The molecule has 0 aliphatic heterocycles. The van der Waals surface area contributed by atoms with E-state index in [1.165, 1.54) is 22.3 Å². The number of ether oxygens (including phenoxy) is 1. The highest BCUT2D eigenvalue weighted by Crippen LogP contribution is 2.44. The highest BCUT2D eigenvalue weighted by atomic mass is 16.5. The third-order valence-electron chi connectivity index (χ3n) is 7.11. The van der Waals surface area contributed by atoms with Crippen LogP contribution in [0, 0.1) is 5.92 Å². The number of benzene rings is 2. The number of carboxylic acids is 1. The van der Waals surface area contributed by atoms with Gasteiger partial charge in [-0.15, -0.1) is 0 Å². The molecule has 3 N–H and O–H groups in total. The minimum atomic E-state index is -1.06. The first-order valence-corrected chi connectivity index (χ1v) is 12.0. The average Bonchev–Trinajstić information content (AvgIpc) is 3.12. The molecule has 2 aliphatic rings. The van der Waals surface area contributed by atoms with Crippen molar-refractivity contribution in [1.82, 2.24) is 10.6 Å². The predicted octanol–water partition coefficient (Wildman–Crippen LogP) is 4.46. The van der Waals surface area contributed by atoms with Crippen molar-refractivity contribution >= 4 is 18.0 Å². The molecule has 0 aromatic heterocycles. The maximum Gasteiger partial charge on any atom is 0.407 e. The molecule has 2 aliphatic carbocycles. The Morgan fingerprint density at radius 2 is 1.65 bits per heavy atom. The van der Waals surface area contributed by atoms with Crippen LogP contribution >= 0.6 is 0 Å². The number of carboxylic acid groups (broad SMARTS) is 1. The van der Waals surface area contributed by atoms with Gasteiger partial charge in [-0.2, -0.15) is 0 Å². The quantitative estimate of drug-likeness (QED) is 0.482. The number of hydrogen-bond donors (Lipinski definition) is 3. The van der Waals surface area contributed by atoms with Crippen molar-refractivity contribution in [3.63, 3.8) is 0 Å². The predicted molar refractivity (Wildman–Crippen MR) is 128 cm³/mol. The van der Waals surface area contributed by atoms with E-state index >= 15 is 0 Å². The Bertz CT molecular complexity index is 1020. The number of carbonyl (C=O) groups is 3. The number of carbonyl (C=O) groups excluding carboxylic acids is 2. The molecular formula is C27H32N2O5. The molecule has 1 atom stereocenters. The van der Waals surface area contributed by atoms with Crippen LogP contribution in [-0.4, -0.2) is 41.8 Å². The van der Waals surface area contributed by atoms with Crippen LogP contribution < -0.4 is 10.6 Å². The largest absolute Gasteiger partial charge is 0.480 e. The Hall–Kier alpha value is -3.35. The molecule has 0 bridgehead atoms. The van der Waals surface area contributed by atoms with Gasteiger partial charge in [0, 0.05) is 18.9 Å². The number of alkyl carbamates (subject to hydrolysis) is 1. The lowest BCUT2D eigenvalue weighted by molar-refractivity contribution is -0.151. The second-order valence-corrected chi connectivity index (χ2v) is 9.47. The lowest BCUT2D eigenvalue weighted by Crippen LogP contribution is -2.59. The number of fused-ring (bicyclic) bond motifs is 3. The first-order valence-electron chi connectivity index (χ1n) is 12.0. The van der Waals surface area contributed by atoms with Gasteiger partial charge in [0.15, 0.2) is 0 Å². The molecule has 7 heteroatoms. The van der Waals surface area contributed by atoms with E-state index in [9.17, 15) is 19.5 Å². The third kappa shape index (κ3) is 5.08. The molecule has 34 heavy (non-hydrogen) atoms. The number of nitrogens with one attached hydrogen (secondary N) is 2. The van der Waals surface area contributed by atoms with Crippen LogP contribution in [0.4, 0.5) is 4.79 Å². The van der Waals surface area contributed by atoms with Gasteiger partial charge in [-0.3, -0.25) is 4.79 Å². The van der Waals surface area contributed by atoms with Crippen molar-refractivity contribution in [2.24, 2.45) is 5.92 Å². The number of rotatable bonds is 10. The van der Waals surface area contributed by atoms with E-state index in [1.54, 1.807) is 0 Å². The van der Waals surface area contributed by atoms with E-state index in [2.05, 4.69) is 34.9 Å². The topological polar surface area (TPSA) is 105 Å². The monoisotopic (exact) mass is 464 g/mol. The zero-order chi connectivity index (χ0) is 24.1. The first kappa shape index (κ1) is 23.8. The van der Waals surface area contributed by atoms with Gasteiger partial charge in [0.2, 0.25) is 5.91 Å². The fraction of sp³-hybridized carbons (Fsp3) is 0.444. The molecule has 7 nitrogen and oxygen atoms in total. The van der Waals surface area contributed by atoms with Gasteiger partial charge in [0.1, 0.15) is 12.1 Å². The van der Waals surface area contributed by atoms with Gasteiger partial charge in [-0.1, -0.05) is 55.5 Å². The fourth-order valence-corrected chi connectivity index (χ4v) is 4.84. The van der Waals surface area contributed by atoms with Gasteiger partial charge in [-0.25, -0.2) is 9.59 Å². The number of hydrogen-bond acceptors (Lipinski definition) is 4. The Morgan fingerprint density at radius 3 is 2.21 bits per heavy atom. The maximum atomic E-state index is 12.3. The van der Waals surface area contributed by atoms with E-state index in [-0.39, 0.29) is 30.8 Å². The van der Waals surface area contributed by atoms with Crippen LogP contribution in [0.3, 0.4) is 0 Å². The molecule has 1 unspecified atom stereocenters. The Labute approximate surface area is 199 Å². The molecule has 0 heterocycles. The second-order valence-electron chi connectivity index (χ2n) is 9.47. The molecule has 0 spiro atoms. The highest BCUT2D eigenvalue weighted by Gasteiger charge is 2.45. The molecule has 4 rings (SSSR count). The summed E-state index contributed by atoms with van der Waals surface area (Å²) in [5.41, 5.74) is 3.67. The summed E-state index contributed by atoms with van der Waals surface area (Å²) in [7, 11) is 0. The highest BCUT2D eigenvalue weighted by molar-refractivity contribution is 5.87. The van der Waals surface area contributed by atoms with Gasteiger partial charge in [-0.05, 0) is 60.3 Å². The minimum absolute atomic E-state index is 0.0281. The summed E-state index contributed by atoms with van der Waals surface area (Å²) in [6, 6.07) is 16.4. The molecule has 0 radical (unpaired) electrons. The third-order valence-corrected chi connectivity index (χ3v) is 7.11. The smallest absolute Gasteiger partial charge is 0.407 e. The summed E-state index contributed by atoms with van der Waals surface area (Å²) in [4.78, 5) is 35.8. The summed E-state index contributed by atoms with van der Waals surface area (Å²) < 4.78 is 5.55. The van der Waals surface area contributed by atoms with Crippen molar-refractivity contribution in [2.75, 3.05) is 13.2 Å². The van der Waals surface area contributed by atoms with E-state index < -0.39 is 17.6 Å². The van der Waals surface area contributed by atoms with Crippen LogP contribution in [-0.2, 0) is 14.3 Å². The second kappa shape index (κ2) is 10.3. The van der Waals surface area contributed by atoms with E-state index in [1.807, 2.05) is 31.2 Å². The van der Waals surface area contributed by atoms with Crippen LogP contribution in [0.15, 0.2) is 48.5 Å². The van der Waals surface area contributed by atoms with Crippen molar-refractivity contribution in [3.05, 3.63) is 59.7 Å². The van der Waals surface area contributed by atoms with Crippen LogP contribution in [0.5, 0.6) is 0 Å². The average molecular weight is 465 g/mol. The fourth-order valence-electron chi connectivity index (χ4n) is 4.84. The standard InChI is InChI=1S/C27H32N2O5/c1-18(11-12-24(30)29-27(25(31)32)14-6-15-27)13-16-28-26(33)34-17-23-21-9-4-2-7-19(21)20-8-3-5-10-22(20)23/h2-5,7-10,18,23H,6,11-17H2,1H3,(H,28,33)(H,29,30)(H,31,32). The Kier molecular flexibility index (Phi) is 7.20. The first-order chi connectivity index (χ1) is 16.4. The minimum Gasteiger partial charge on any atom is -0.480 e. The van der Waals surface area contributed by atoms with E-state index in [0.717, 1.165) is 6.42 Å². The van der Waals surface area contributed by atoms with Gasteiger partial charge < -0.3 is 20.5 Å². The maximum absolute atomic E-state index is 12.3. The van der Waals surface area contributed by atoms with Crippen molar-refractivity contribution in [2.45, 2.75) is 56.9 Å². The molecular weight excluding hydrogens is 432 g/mol. The summed E-state index contributed by atoms with van der Waals surface area (Å²) in [6.07, 6.45) is 2.99. The van der Waals surface area contributed by atoms with Gasteiger partial charge in [0.25, 0.3) is 0 Å². The molecule has 180 valence electrons. The Morgan fingerprint density at radius 1 is 1.03 bits per heavy atom. The number of aliphatic carboxylic acids is 1.